The molecule has 3 amide bonds. The van der Waals surface area contributed by atoms with E-state index in [1.807, 2.05) is 30.3 Å². The maximum atomic E-state index is 12.9. The van der Waals surface area contributed by atoms with Crippen molar-refractivity contribution in [2.75, 3.05) is 44.2 Å². The number of anilines is 1. The van der Waals surface area contributed by atoms with E-state index in [1.54, 1.807) is 23.1 Å². The molecule has 10 heteroatoms. The van der Waals surface area contributed by atoms with Crippen LogP contribution in [0.5, 0.6) is 5.75 Å². The van der Waals surface area contributed by atoms with Gasteiger partial charge in [-0.25, -0.2) is 0 Å². The monoisotopic (exact) mass is 617 g/mol. The average Bonchev–Trinajstić information content (AvgIpc) is 3.11. The zero-order valence-electron chi connectivity index (χ0n) is 18.6. The minimum Gasteiger partial charge on any atom is -0.479 e. The lowest BCUT2D eigenvalue weighted by molar-refractivity contribution is -0.136. The Labute approximate surface area is 224 Å². The number of terminal acetylenes is 1. The molecule has 180 valence electrons. The van der Waals surface area contributed by atoms with Crippen LogP contribution in [-0.4, -0.2) is 66.2 Å². The molecule has 0 atom stereocenters. The first kappa shape index (κ1) is 25.4. The summed E-state index contributed by atoms with van der Waals surface area (Å²) < 4.78 is 6.80. The third kappa shape index (κ3) is 5.92. The van der Waals surface area contributed by atoms with E-state index in [2.05, 4.69) is 42.7 Å². The van der Waals surface area contributed by atoms with Gasteiger partial charge in [0.05, 0.1) is 13.9 Å². The summed E-state index contributed by atoms with van der Waals surface area (Å²) in [4.78, 5) is 43.5. The molecule has 0 saturated carbocycles. The number of rotatable bonds is 6. The van der Waals surface area contributed by atoms with Crippen LogP contribution in [0, 0.1) is 12.3 Å². The van der Waals surface area contributed by atoms with Gasteiger partial charge in [-0.3, -0.25) is 19.3 Å². The summed E-state index contributed by atoms with van der Waals surface area (Å²) in [7, 11) is 0. The van der Waals surface area contributed by atoms with E-state index in [0.29, 0.717) is 46.4 Å². The van der Waals surface area contributed by atoms with Gasteiger partial charge in [0.2, 0.25) is 5.91 Å². The fourth-order valence-corrected chi connectivity index (χ4v) is 6.08. The highest BCUT2D eigenvalue weighted by molar-refractivity contribution is 9.11. The van der Waals surface area contributed by atoms with Gasteiger partial charge in [-0.15, -0.1) is 6.42 Å². The Morgan fingerprint density at radius 3 is 2.37 bits per heavy atom. The molecule has 0 N–H and O–H groups in total. The molecule has 2 aromatic carbocycles. The summed E-state index contributed by atoms with van der Waals surface area (Å²) in [6.45, 7) is 2.32. The number of ether oxygens (including phenoxy) is 1. The third-order valence-electron chi connectivity index (χ3n) is 5.54. The van der Waals surface area contributed by atoms with Crippen molar-refractivity contribution < 1.29 is 19.1 Å². The number of thioether (sulfide) groups is 1. The van der Waals surface area contributed by atoms with Crippen molar-refractivity contribution in [1.29, 1.82) is 0 Å². The lowest BCUT2D eigenvalue weighted by Gasteiger charge is -2.36. The van der Waals surface area contributed by atoms with E-state index in [0.717, 1.165) is 22.3 Å². The summed E-state index contributed by atoms with van der Waals surface area (Å²) in [6, 6.07) is 13.6. The minimum atomic E-state index is -0.476. The Hall–Kier alpha value is -2.74. The third-order valence-corrected chi connectivity index (χ3v) is 7.62. The second kappa shape index (κ2) is 11.3. The van der Waals surface area contributed by atoms with E-state index in [9.17, 15) is 14.4 Å². The molecule has 4 rings (SSSR count). The van der Waals surface area contributed by atoms with E-state index in [1.165, 1.54) is 0 Å². The van der Waals surface area contributed by atoms with Gasteiger partial charge in [0.15, 0.2) is 0 Å². The van der Waals surface area contributed by atoms with Gasteiger partial charge in [-0.1, -0.05) is 24.1 Å². The van der Waals surface area contributed by atoms with Crippen molar-refractivity contribution >= 4 is 72.4 Å². The van der Waals surface area contributed by atoms with E-state index in [4.69, 9.17) is 11.2 Å². The molecular weight excluding hydrogens is 598 g/mol. The van der Waals surface area contributed by atoms with Crippen LogP contribution < -0.4 is 9.64 Å². The summed E-state index contributed by atoms with van der Waals surface area (Å²) in [5.74, 6) is 2.25. The van der Waals surface area contributed by atoms with Crippen molar-refractivity contribution in [3.8, 4) is 18.1 Å². The smallest absolute Gasteiger partial charge is 0.294 e. The number of imide groups is 1. The van der Waals surface area contributed by atoms with Crippen molar-refractivity contribution in [2.45, 2.75) is 0 Å². The Morgan fingerprint density at radius 1 is 1.09 bits per heavy atom. The number of para-hydroxylation sites is 1. The topological polar surface area (TPSA) is 70.2 Å². The zero-order valence-corrected chi connectivity index (χ0v) is 22.6. The van der Waals surface area contributed by atoms with Crippen molar-refractivity contribution in [3.05, 3.63) is 61.9 Å². The minimum absolute atomic E-state index is 0.116. The first-order chi connectivity index (χ1) is 16.9. The summed E-state index contributed by atoms with van der Waals surface area (Å²) in [5.41, 5.74) is 1.80. The molecule has 2 aliphatic rings. The van der Waals surface area contributed by atoms with Crippen LogP contribution >= 0.6 is 43.6 Å². The predicted octanol–water partition coefficient (Wildman–Crippen LogP) is 4.61. The summed E-state index contributed by atoms with van der Waals surface area (Å²) in [6.07, 6.45) is 6.87. The summed E-state index contributed by atoms with van der Waals surface area (Å²) >= 11 is 7.70. The second-order valence-electron chi connectivity index (χ2n) is 7.78. The number of halogens is 2. The Morgan fingerprint density at radius 2 is 1.74 bits per heavy atom. The van der Waals surface area contributed by atoms with Crippen molar-refractivity contribution in [2.24, 2.45) is 0 Å². The fourth-order valence-electron chi connectivity index (χ4n) is 3.79. The van der Waals surface area contributed by atoms with Gasteiger partial charge in [-0.05, 0) is 79.5 Å². The molecule has 7 nitrogen and oxygen atoms in total. The van der Waals surface area contributed by atoms with Crippen LogP contribution in [0.3, 0.4) is 0 Å². The Kier molecular flexibility index (Phi) is 8.21. The van der Waals surface area contributed by atoms with E-state index in [-0.39, 0.29) is 24.0 Å². The second-order valence-corrected chi connectivity index (χ2v) is 10.5. The molecule has 2 fully saturated rings. The molecular formula is C25H21Br2N3O4S. The molecule has 2 heterocycles. The van der Waals surface area contributed by atoms with Crippen LogP contribution in [0.2, 0.25) is 0 Å². The molecule has 0 spiro atoms. The molecule has 0 radical (unpaired) electrons. The molecule has 0 bridgehead atoms. The molecule has 2 saturated heterocycles. The van der Waals surface area contributed by atoms with Crippen LogP contribution in [-0.2, 0) is 9.59 Å². The normalized spacial score (nSPS) is 17.2. The summed E-state index contributed by atoms with van der Waals surface area (Å²) in [5, 5.41) is -0.454. The van der Waals surface area contributed by atoms with E-state index >= 15 is 0 Å². The lowest BCUT2D eigenvalue weighted by atomic mass is 10.2. The quantitative estimate of drug-likeness (QED) is 0.348. The molecule has 2 aromatic rings. The molecule has 0 aliphatic carbocycles. The molecule has 2 aliphatic heterocycles. The van der Waals surface area contributed by atoms with Crippen LogP contribution in [0.4, 0.5) is 10.5 Å². The van der Waals surface area contributed by atoms with Crippen molar-refractivity contribution in [3.63, 3.8) is 0 Å². The highest BCUT2D eigenvalue weighted by Gasteiger charge is 2.37. The highest BCUT2D eigenvalue weighted by Crippen LogP contribution is 2.37. The first-order valence-electron chi connectivity index (χ1n) is 10.8. The number of piperazine rings is 1. The number of benzene rings is 2. The molecule has 0 unspecified atom stereocenters. The van der Waals surface area contributed by atoms with Gasteiger partial charge < -0.3 is 14.5 Å². The number of carbonyl (C=O) groups excluding carboxylic acids is 3. The van der Waals surface area contributed by atoms with Crippen LogP contribution in [0.15, 0.2) is 56.3 Å². The standard InChI is InChI=1S/C25H21Br2N3O4S/c1-2-12-34-23-19(26)13-17(14-20(23)27)15-21-24(32)30(25(33)35-21)16-22(31)29-10-8-28(9-11-29)18-6-4-3-5-7-18/h1,3-7,13-15H,8-12,16H2/b21-15+. The number of hydrogen-bond donors (Lipinski definition) is 0. The Balaban J connectivity index is 1.39. The lowest BCUT2D eigenvalue weighted by Crippen LogP contribution is -2.51. The molecule has 0 aromatic heterocycles. The molecule has 35 heavy (non-hydrogen) atoms. The number of amides is 3. The fraction of sp³-hybridized carbons (Fsp3) is 0.240. The number of hydrogen-bond acceptors (Lipinski definition) is 6. The largest absolute Gasteiger partial charge is 0.479 e. The SMILES string of the molecule is C#CCOc1c(Br)cc(/C=C2/SC(=O)N(CC(=O)N3CCN(c4ccccc4)CC3)C2=O)cc1Br. The van der Waals surface area contributed by atoms with E-state index < -0.39 is 11.1 Å². The first-order valence-corrected chi connectivity index (χ1v) is 13.2. The average molecular weight is 619 g/mol. The van der Waals surface area contributed by atoms with Gasteiger partial charge in [0.1, 0.15) is 18.9 Å². The van der Waals surface area contributed by atoms with Gasteiger partial charge in [0.25, 0.3) is 11.1 Å². The van der Waals surface area contributed by atoms with Crippen LogP contribution in [0.25, 0.3) is 6.08 Å². The van der Waals surface area contributed by atoms with Crippen molar-refractivity contribution in [1.82, 2.24) is 9.80 Å². The van der Waals surface area contributed by atoms with Crippen LogP contribution in [0.1, 0.15) is 5.56 Å². The predicted molar refractivity (Wildman–Crippen MR) is 144 cm³/mol. The Bertz CT molecular complexity index is 1200. The highest BCUT2D eigenvalue weighted by atomic mass is 79.9. The maximum absolute atomic E-state index is 12.9. The van der Waals surface area contributed by atoms with Gasteiger partial charge in [0, 0.05) is 31.9 Å². The zero-order chi connectivity index (χ0) is 24.9. The number of carbonyl (C=O) groups is 3. The maximum Gasteiger partial charge on any atom is 0.294 e. The van der Waals surface area contributed by atoms with Gasteiger partial charge >= 0.3 is 0 Å². The number of nitrogens with zero attached hydrogens (tertiary/aromatic N) is 3. The van der Waals surface area contributed by atoms with Gasteiger partial charge in [-0.2, -0.15) is 0 Å².